The average molecular weight is 315 g/mol. The molecule has 0 N–H and O–H groups in total. The van der Waals surface area contributed by atoms with E-state index in [4.69, 9.17) is 24.2 Å². The molecule has 10 heavy (non-hydrogen) atoms. The van der Waals surface area contributed by atoms with Crippen LogP contribution in [0.25, 0.3) is 0 Å². The van der Waals surface area contributed by atoms with Gasteiger partial charge in [-0.1, -0.05) is 0 Å². The molecule has 10 heteroatoms. The van der Waals surface area contributed by atoms with Gasteiger partial charge in [0.2, 0.25) is 0 Å². The van der Waals surface area contributed by atoms with E-state index in [9.17, 15) is 0 Å². The van der Waals surface area contributed by atoms with Gasteiger partial charge in [0, 0.05) is 0 Å². The van der Waals surface area contributed by atoms with E-state index < -0.39 is 29.5 Å². The van der Waals surface area contributed by atoms with Crippen LogP contribution < -0.4 is 16.6 Å². The van der Waals surface area contributed by atoms with Gasteiger partial charge in [-0.15, -0.1) is 0 Å². The second-order valence-corrected chi connectivity index (χ2v) is 1.68. The molecule has 0 rings (SSSR count). The summed E-state index contributed by atoms with van der Waals surface area (Å²) >= 11 is -7.58. The first-order valence-electron chi connectivity index (χ1n) is 1.00. The third-order valence-electron chi connectivity index (χ3n) is 0. The summed E-state index contributed by atoms with van der Waals surface area (Å²) in [5, 5.41) is 0. The fourth-order valence-electron chi connectivity index (χ4n) is 0. The van der Waals surface area contributed by atoms with Gasteiger partial charge in [-0.25, -0.2) is 0 Å². The molecule has 0 fully saturated rings. The predicted molar refractivity (Wildman–Crippen MR) is 1.37 cm³/mol. The van der Waals surface area contributed by atoms with Gasteiger partial charge in [-0.2, -0.15) is 0 Å². The molecule has 0 aliphatic rings. The summed E-state index contributed by atoms with van der Waals surface area (Å²) in [6.45, 7) is 0. The van der Waals surface area contributed by atoms with E-state index in [-0.39, 0.29) is 33.8 Å². The topological polar surface area (TPSA) is 126 Å². The Morgan fingerprint density at radius 2 is 0.800 bits per heavy atom. The van der Waals surface area contributed by atoms with E-state index in [1.807, 2.05) is 0 Å². The summed E-state index contributed by atoms with van der Waals surface area (Å²) in [5.41, 5.74) is 0. The van der Waals surface area contributed by atoms with Crippen molar-refractivity contribution in [2.24, 2.45) is 0 Å². The molecule has 1 radical (unpaired) electrons. The SMILES string of the molecule is [Co+2].[Fe+2].[O]=[Cr]([O-])[O-].[O]=[Cr]([O-])[O-]. The van der Waals surface area contributed by atoms with Gasteiger partial charge in [0.25, 0.3) is 0 Å². The summed E-state index contributed by atoms with van der Waals surface area (Å²) in [5.74, 6) is 0. The van der Waals surface area contributed by atoms with Crippen molar-refractivity contribution in [3.05, 3.63) is 0 Å². The summed E-state index contributed by atoms with van der Waals surface area (Å²) in [4.78, 5) is 0. The predicted octanol–water partition coefficient (Wildman–Crippen LogP) is -5.00. The first-order chi connectivity index (χ1) is 3.46. The van der Waals surface area contributed by atoms with Gasteiger partial charge in [-0.3, -0.25) is 0 Å². The molecule has 0 bridgehead atoms. The third kappa shape index (κ3) is 296. The second-order valence-electron chi connectivity index (χ2n) is 0.408. The van der Waals surface area contributed by atoms with Gasteiger partial charge in [-0.05, 0) is 0 Å². The Kier molecular flexibility index (Phi) is 38.0. The van der Waals surface area contributed by atoms with E-state index >= 15 is 0 Å². The first-order valence-corrected chi connectivity index (χ1v) is 4.12. The number of hydrogen-bond donors (Lipinski definition) is 0. The molecule has 0 saturated heterocycles. The number of rotatable bonds is 0. The molecule has 0 unspecified atom stereocenters. The minimum atomic E-state index is -3.79. The Hall–Kier alpha value is 1.53. The Labute approximate surface area is 87.1 Å². The van der Waals surface area contributed by atoms with Crippen LogP contribution in [-0.4, -0.2) is 0 Å². The van der Waals surface area contributed by atoms with Crippen LogP contribution in [0.15, 0.2) is 0 Å². The normalized spacial score (nSPS) is 7.00. The van der Waals surface area contributed by atoms with E-state index in [1.54, 1.807) is 0 Å². The molecular formula is CoCr2FeO6. The molecule has 0 aromatic carbocycles. The Bertz CT molecular complexity index is 73.7. The Balaban J connectivity index is -0.0000000300. The van der Waals surface area contributed by atoms with Crippen molar-refractivity contribution in [3.8, 4) is 0 Å². The molecule has 0 atom stereocenters. The van der Waals surface area contributed by atoms with Gasteiger partial charge < -0.3 is 0 Å². The molecule has 0 saturated carbocycles. The van der Waals surface area contributed by atoms with E-state index in [0.717, 1.165) is 0 Å². The summed E-state index contributed by atoms with van der Waals surface area (Å²) < 4.78 is 51.2. The standard InChI is InChI=1S/Co.2Cr.Fe.6O/q+2;;;+2;;;4*-1. The molecule has 0 aliphatic heterocycles. The fraction of sp³-hybridized carbons (Fsp3) is 0. The molecule has 6 nitrogen and oxygen atoms in total. The summed E-state index contributed by atoms with van der Waals surface area (Å²) in [6, 6.07) is 0. The third-order valence-corrected chi connectivity index (χ3v) is 0. The average Bonchev–Trinajstić information content (AvgIpc) is 1.25. The van der Waals surface area contributed by atoms with Crippen LogP contribution in [0.3, 0.4) is 0 Å². The fourth-order valence-corrected chi connectivity index (χ4v) is 0. The molecule has 0 aliphatic carbocycles. The van der Waals surface area contributed by atoms with Crippen molar-refractivity contribution < 1.29 is 87.6 Å². The molecule has 0 aromatic heterocycles. The van der Waals surface area contributed by atoms with Crippen molar-refractivity contribution in [1.82, 2.24) is 0 Å². The van der Waals surface area contributed by atoms with Gasteiger partial charge in [0.15, 0.2) is 0 Å². The van der Waals surface area contributed by atoms with Crippen molar-refractivity contribution >= 4 is 0 Å². The summed E-state index contributed by atoms with van der Waals surface area (Å²) in [6.07, 6.45) is 0. The van der Waals surface area contributed by atoms with Crippen LogP contribution in [-0.2, 0) is 71.0 Å². The van der Waals surface area contributed by atoms with Crippen molar-refractivity contribution in [2.75, 3.05) is 0 Å². The van der Waals surface area contributed by atoms with Gasteiger partial charge in [0.1, 0.15) is 0 Å². The maximum atomic E-state index is 8.54. The van der Waals surface area contributed by atoms with Gasteiger partial charge in [0.05, 0.1) is 0 Å². The van der Waals surface area contributed by atoms with E-state index in [0.29, 0.717) is 0 Å². The zero-order valence-electron chi connectivity index (χ0n) is 3.95. The van der Waals surface area contributed by atoms with Crippen molar-refractivity contribution in [1.29, 1.82) is 0 Å². The van der Waals surface area contributed by atoms with Crippen LogP contribution >= 0.6 is 0 Å². The minimum absolute atomic E-state index is 0. The van der Waals surface area contributed by atoms with Crippen LogP contribution in [0.2, 0.25) is 0 Å². The molecule has 0 amide bonds. The van der Waals surface area contributed by atoms with Crippen molar-refractivity contribution in [2.45, 2.75) is 0 Å². The van der Waals surface area contributed by atoms with Gasteiger partial charge >= 0.3 is 87.6 Å². The monoisotopic (exact) mass is 315 g/mol. The first kappa shape index (κ1) is 22.5. The Morgan fingerprint density at radius 3 is 0.800 bits per heavy atom. The Morgan fingerprint density at radius 1 is 0.800 bits per heavy atom. The van der Waals surface area contributed by atoms with E-state index in [1.165, 1.54) is 0 Å². The number of hydrogen-bond acceptors (Lipinski definition) is 6. The summed E-state index contributed by atoms with van der Waals surface area (Å²) in [7, 11) is 0. The maximum absolute atomic E-state index is 8.54. The van der Waals surface area contributed by atoms with E-state index in [2.05, 4.69) is 0 Å². The zero-order valence-corrected chi connectivity index (χ0v) is 8.65. The van der Waals surface area contributed by atoms with Crippen LogP contribution in [0.5, 0.6) is 0 Å². The molecule has 0 heterocycles. The molecular weight excluding hydrogens is 315 g/mol. The molecule has 0 aromatic rings. The molecule has 65 valence electrons. The van der Waals surface area contributed by atoms with Crippen LogP contribution in [0.1, 0.15) is 0 Å². The second kappa shape index (κ2) is 16.9. The van der Waals surface area contributed by atoms with Crippen LogP contribution in [0.4, 0.5) is 0 Å². The zero-order chi connectivity index (χ0) is 7.15. The van der Waals surface area contributed by atoms with Crippen molar-refractivity contribution in [3.63, 3.8) is 0 Å². The molecule has 0 spiro atoms. The van der Waals surface area contributed by atoms with Crippen LogP contribution in [0, 0.1) is 0 Å². The quantitative estimate of drug-likeness (QED) is 0.412.